The fourth-order valence-corrected chi connectivity index (χ4v) is 5.40. The normalized spacial score (nSPS) is 25.4. The molecule has 9 heteroatoms. The maximum absolute atomic E-state index is 12.3. The number of urea groups is 1. The van der Waals surface area contributed by atoms with E-state index in [2.05, 4.69) is 50.7 Å². The summed E-state index contributed by atoms with van der Waals surface area (Å²) in [6, 6.07) is 6.41. The molecule has 3 fully saturated rings. The third-order valence-electron chi connectivity index (χ3n) is 7.08. The topological polar surface area (TPSA) is 85.7 Å². The molecule has 0 bridgehead atoms. The van der Waals surface area contributed by atoms with Crippen molar-refractivity contribution in [3.05, 3.63) is 18.2 Å². The summed E-state index contributed by atoms with van der Waals surface area (Å²) in [5.41, 5.74) is 2.18. The number of carbonyl (C=O) groups excluding carboxylic acids is 2. The molecule has 2 aromatic rings. The molecule has 2 atom stereocenters. The second-order valence-corrected chi connectivity index (χ2v) is 9.42. The van der Waals surface area contributed by atoms with Gasteiger partial charge in [0.15, 0.2) is 5.82 Å². The third kappa shape index (κ3) is 4.06. The summed E-state index contributed by atoms with van der Waals surface area (Å²) in [6.45, 7) is 9.33. The van der Waals surface area contributed by atoms with Crippen LogP contribution in [0.5, 0.6) is 0 Å². The highest BCUT2D eigenvalue weighted by atomic mass is 16.2. The van der Waals surface area contributed by atoms with Crippen molar-refractivity contribution in [2.45, 2.75) is 32.2 Å². The van der Waals surface area contributed by atoms with Crippen LogP contribution in [-0.2, 0) is 11.8 Å². The highest BCUT2D eigenvalue weighted by Crippen LogP contribution is 2.31. The van der Waals surface area contributed by atoms with Gasteiger partial charge >= 0.3 is 6.03 Å². The Bertz CT molecular complexity index is 1010. The van der Waals surface area contributed by atoms with Crippen LogP contribution in [0.1, 0.15) is 26.2 Å². The van der Waals surface area contributed by atoms with E-state index in [1.807, 2.05) is 11.7 Å². The van der Waals surface area contributed by atoms with Crippen LogP contribution in [0, 0.1) is 5.92 Å². The number of piperazine rings is 1. The molecule has 3 saturated heterocycles. The van der Waals surface area contributed by atoms with Gasteiger partial charge < -0.3 is 10.2 Å². The van der Waals surface area contributed by atoms with Gasteiger partial charge in [-0.25, -0.2) is 4.79 Å². The molecule has 172 valence electrons. The first-order chi connectivity index (χ1) is 15.5. The number of piperidine rings is 1. The minimum atomic E-state index is -0.400. The third-order valence-corrected chi connectivity index (χ3v) is 7.08. The largest absolute Gasteiger partial charge is 0.366 e. The van der Waals surface area contributed by atoms with Crippen LogP contribution in [0.2, 0.25) is 0 Å². The first kappa shape index (κ1) is 21.2. The zero-order valence-electron chi connectivity index (χ0n) is 19.0. The number of aromatic nitrogens is 2. The van der Waals surface area contributed by atoms with E-state index in [1.165, 1.54) is 31.6 Å². The Morgan fingerprint density at radius 3 is 2.81 bits per heavy atom. The number of imide groups is 1. The minimum Gasteiger partial charge on any atom is -0.366 e. The SMILES string of the molecule is CC1CN(CC2CCCNC2)CCN1c1ccc2c(N3CCC(=O)NC3=O)nn(C)c2c1. The molecular weight excluding hydrogens is 406 g/mol. The number of fused-ring (bicyclic) bond motifs is 1. The van der Waals surface area contributed by atoms with Crippen molar-refractivity contribution < 1.29 is 9.59 Å². The summed E-state index contributed by atoms with van der Waals surface area (Å²) in [4.78, 5) is 30.5. The lowest BCUT2D eigenvalue weighted by atomic mass is 9.98. The van der Waals surface area contributed by atoms with Gasteiger partial charge in [0, 0.05) is 63.3 Å². The van der Waals surface area contributed by atoms with Crippen LogP contribution in [-0.4, -0.2) is 78.5 Å². The van der Waals surface area contributed by atoms with Crippen molar-refractivity contribution in [1.82, 2.24) is 25.3 Å². The predicted octanol–water partition coefficient (Wildman–Crippen LogP) is 1.53. The van der Waals surface area contributed by atoms with E-state index < -0.39 is 6.03 Å². The van der Waals surface area contributed by atoms with Gasteiger partial charge in [-0.1, -0.05) is 0 Å². The molecule has 0 saturated carbocycles. The maximum atomic E-state index is 12.3. The van der Waals surface area contributed by atoms with Crippen LogP contribution in [0.25, 0.3) is 10.9 Å². The number of nitrogens with zero attached hydrogens (tertiary/aromatic N) is 5. The van der Waals surface area contributed by atoms with Gasteiger partial charge in [0.05, 0.1) is 5.52 Å². The molecule has 1 aromatic heterocycles. The summed E-state index contributed by atoms with van der Waals surface area (Å²) in [5.74, 6) is 1.15. The van der Waals surface area contributed by atoms with Crippen molar-refractivity contribution in [1.29, 1.82) is 0 Å². The lowest BCUT2D eigenvalue weighted by Crippen LogP contribution is -2.53. The van der Waals surface area contributed by atoms with Crippen molar-refractivity contribution in [3.63, 3.8) is 0 Å². The second-order valence-electron chi connectivity index (χ2n) is 9.42. The molecule has 1 aromatic carbocycles. The molecule has 2 unspecified atom stereocenters. The minimum absolute atomic E-state index is 0.235. The summed E-state index contributed by atoms with van der Waals surface area (Å²) in [5, 5.41) is 11.5. The van der Waals surface area contributed by atoms with Gasteiger partial charge in [-0.3, -0.25) is 24.6 Å². The standard InChI is InChI=1S/C23H33N7O2/c1-16-14-28(15-17-4-3-8-24-13-17)10-11-29(16)18-5-6-19-20(12-18)27(2)26-22(19)30-9-7-21(31)25-23(30)32/h5-6,12,16-17,24H,3-4,7-11,13-15H2,1-2H3,(H,25,31,32). The number of aryl methyl sites for hydroxylation is 1. The van der Waals surface area contributed by atoms with E-state index in [9.17, 15) is 9.59 Å². The lowest BCUT2D eigenvalue weighted by Gasteiger charge is -2.42. The highest BCUT2D eigenvalue weighted by Gasteiger charge is 2.29. The van der Waals surface area contributed by atoms with E-state index >= 15 is 0 Å². The van der Waals surface area contributed by atoms with Crippen molar-refractivity contribution in [3.8, 4) is 0 Å². The van der Waals surface area contributed by atoms with E-state index in [-0.39, 0.29) is 5.91 Å². The van der Waals surface area contributed by atoms with Crippen molar-refractivity contribution >= 4 is 34.3 Å². The van der Waals surface area contributed by atoms with Gasteiger partial charge in [-0.15, -0.1) is 0 Å². The van der Waals surface area contributed by atoms with Crippen LogP contribution >= 0.6 is 0 Å². The number of hydrogen-bond donors (Lipinski definition) is 2. The summed E-state index contributed by atoms with van der Waals surface area (Å²) in [7, 11) is 1.90. The van der Waals surface area contributed by atoms with E-state index in [0.29, 0.717) is 24.8 Å². The summed E-state index contributed by atoms with van der Waals surface area (Å²) >= 11 is 0. The average molecular weight is 440 g/mol. The molecule has 4 heterocycles. The van der Waals surface area contributed by atoms with Crippen LogP contribution < -0.4 is 20.4 Å². The van der Waals surface area contributed by atoms with Gasteiger partial charge in [-0.2, -0.15) is 5.10 Å². The number of nitrogens with one attached hydrogen (secondary N) is 2. The number of carbonyl (C=O) groups is 2. The molecule has 0 aliphatic carbocycles. The van der Waals surface area contributed by atoms with Crippen LogP contribution in [0.15, 0.2) is 18.2 Å². The Hall–Kier alpha value is -2.65. The molecule has 3 aliphatic heterocycles. The van der Waals surface area contributed by atoms with Gasteiger partial charge in [0.2, 0.25) is 5.91 Å². The smallest absolute Gasteiger partial charge is 0.329 e. The molecule has 0 radical (unpaired) electrons. The number of amides is 3. The van der Waals surface area contributed by atoms with Gasteiger partial charge in [0.25, 0.3) is 0 Å². The first-order valence-electron chi connectivity index (χ1n) is 11.8. The molecule has 3 amide bonds. The number of benzene rings is 1. The highest BCUT2D eigenvalue weighted by molar-refractivity contribution is 6.09. The Morgan fingerprint density at radius 2 is 2.06 bits per heavy atom. The molecule has 0 spiro atoms. The molecule has 9 nitrogen and oxygen atoms in total. The maximum Gasteiger partial charge on any atom is 0.329 e. The molecule has 3 aliphatic rings. The lowest BCUT2D eigenvalue weighted by molar-refractivity contribution is -0.120. The molecule has 32 heavy (non-hydrogen) atoms. The Morgan fingerprint density at radius 1 is 1.19 bits per heavy atom. The zero-order chi connectivity index (χ0) is 22.2. The van der Waals surface area contributed by atoms with Crippen LogP contribution in [0.4, 0.5) is 16.3 Å². The fraction of sp³-hybridized carbons (Fsp3) is 0.609. The Kier molecular flexibility index (Phi) is 5.77. The van der Waals surface area contributed by atoms with Crippen LogP contribution in [0.3, 0.4) is 0 Å². The van der Waals surface area contributed by atoms with Gasteiger partial charge in [-0.05, 0) is 57.0 Å². The second kappa shape index (κ2) is 8.71. The molecular formula is C23H33N7O2. The number of hydrogen-bond acceptors (Lipinski definition) is 6. The fourth-order valence-electron chi connectivity index (χ4n) is 5.40. The van der Waals surface area contributed by atoms with Gasteiger partial charge in [0.1, 0.15) is 0 Å². The van der Waals surface area contributed by atoms with Crippen molar-refractivity contribution in [2.24, 2.45) is 13.0 Å². The Labute approximate surface area is 188 Å². The number of rotatable bonds is 4. The Balaban J connectivity index is 1.31. The summed E-state index contributed by atoms with van der Waals surface area (Å²) < 4.78 is 1.83. The zero-order valence-corrected chi connectivity index (χ0v) is 19.0. The predicted molar refractivity (Wildman–Crippen MR) is 125 cm³/mol. The molecule has 5 rings (SSSR count). The van der Waals surface area contributed by atoms with Crippen molar-refractivity contribution in [2.75, 3.05) is 55.6 Å². The first-order valence-corrected chi connectivity index (χ1v) is 11.8. The van der Waals surface area contributed by atoms with E-state index in [4.69, 9.17) is 0 Å². The van der Waals surface area contributed by atoms with E-state index in [1.54, 1.807) is 4.90 Å². The summed E-state index contributed by atoms with van der Waals surface area (Å²) in [6.07, 6.45) is 2.92. The average Bonchev–Trinajstić information content (AvgIpc) is 3.10. The molecule has 2 N–H and O–H groups in total. The number of anilines is 2. The quantitative estimate of drug-likeness (QED) is 0.752. The van der Waals surface area contributed by atoms with E-state index in [0.717, 1.165) is 43.0 Å². The monoisotopic (exact) mass is 439 g/mol.